The van der Waals surface area contributed by atoms with Gasteiger partial charge in [-0.15, -0.1) is 0 Å². The number of aromatic nitrogens is 2. The zero-order valence-corrected chi connectivity index (χ0v) is 13.2. The molecule has 0 radical (unpaired) electrons. The molecule has 7 heteroatoms. The van der Waals surface area contributed by atoms with Gasteiger partial charge in [-0.25, -0.2) is 13.8 Å². The average Bonchev–Trinajstić information content (AvgIpc) is 3.04. The van der Waals surface area contributed by atoms with Crippen molar-refractivity contribution in [1.29, 1.82) is 0 Å². The summed E-state index contributed by atoms with van der Waals surface area (Å²) < 4.78 is 28.3. The summed E-state index contributed by atoms with van der Waals surface area (Å²) in [7, 11) is 0. The van der Waals surface area contributed by atoms with Crippen LogP contribution in [0.1, 0.15) is 30.8 Å². The molecular formula is C17H19F2N3O2. The van der Waals surface area contributed by atoms with E-state index in [1.165, 1.54) is 6.07 Å². The van der Waals surface area contributed by atoms with Crippen molar-refractivity contribution in [2.24, 2.45) is 5.92 Å². The molecule has 0 saturated carbocycles. The molecule has 1 aromatic heterocycles. The standard InChI is InChI=1S/C17H19F2N3O2/c1-10(16(23)11-2-3-13(18)14(19)8-11)21-17(24)12-4-6-22-7-5-20-15(22)9-12/h2-3,5,7-8,10,12,16,23H,4,6,9H2,1H3,(H,21,24). The molecule has 2 aromatic rings. The number of hydrogen-bond acceptors (Lipinski definition) is 3. The van der Waals surface area contributed by atoms with Gasteiger partial charge >= 0.3 is 0 Å². The van der Waals surface area contributed by atoms with Gasteiger partial charge < -0.3 is 15.0 Å². The Morgan fingerprint density at radius 3 is 2.96 bits per heavy atom. The number of carbonyl (C=O) groups excluding carboxylic acids is 1. The van der Waals surface area contributed by atoms with Crippen LogP contribution in [0, 0.1) is 17.6 Å². The Kier molecular flexibility index (Phi) is 4.62. The second kappa shape index (κ2) is 6.68. The fraction of sp³-hybridized carbons (Fsp3) is 0.412. The maximum absolute atomic E-state index is 13.3. The third-order valence-electron chi connectivity index (χ3n) is 4.45. The Bertz CT molecular complexity index is 747. The highest BCUT2D eigenvalue weighted by atomic mass is 19.2. The summed E-state index contributed by atoms with van der Waals surface area (Å²) in [5.41, 5.74) is 0.223. The van der Waals surface area contributed by atoms with Gasteiger partial charge in [-0.3, -0.25) is 4.79 Å². The highest BCUT2D eigenvalue weighted by Gasteiger charge is 2.28. The van der Waals surface area contributed by atoms with E-state index in [-0.39, 0.29) is 17.4 Å². The lowest BCUT2D eigenvalue weighted by atomic mass is 9.95. The normalized spacial score (nSPS) is 19.4. The highest BCUT2D eigenvalue weighted by Crippen LogP contribution is 2.22. The number of carbonyl (C=O) groups is 1. The number of hydrogen-bond donors (Lipinski definition) is 2. The Balaban J connectivity index is 1.62. The summed E-state index contributed by atoms with van der Waals surface area (Å²) in [6.07, 6.45) is 3.73. The quantitative estimate of drug-likeness (QED) is 0.898. The van der Waals surface area contributed by atoms with Gasteiger partial charge in [0.05, 0.1) is 12.1 Å². The molecule has 128 valence electrons. The van der Waals surface area contributed by atoms with E-state index in [1.54, 1.807) is 13.1 Å². The van der Waals surface area contributed by atoms with Crippen molar-refractivity contribution in [3.8, 4) is 0 Å². The van der Waals surface area contributed by atoms with E-state index in [9.17, 15) is 18.7 Å². The molecular weight excluding hydrogens is 316 g/mol. The van der Waals surface area contributed by atoms with Crippen LogP contribution in [0.25, 0.3) is 0 Å². The molecule has 0 spiro atoms. The number of fused-ring (bicyclic) bond motifs is 1. The van der Waals surface area contributed by atoms with Gasteiger partial charge in [0.2, 0.25) is 5.91 Å². The van der Waals surface area contributed by atoms with Crippen molar-refractivity contribution < 1.29 is 18.7 Å². The molecule has 1 amide bonds. The second-order valence-corrected chi connectivity index (χ2v) is 6.14. The third-order valence-corrected chi connectivity index (χ3v) is 4.45. The Morgan fingerprint density at radius 1 is 1.42 bits per heavy atom. The summed E-state index contributed by atoms with van der Waals surface area (Å²) >= 11 is 0. The molecule has 5 nitrogen and oxygen atoms in total. The second-order valence-electron chi connectivity index (χ2n) is 6.14. The number of benzene rings is 1. The molecule has 0 bridgehead atoms. The van der Waals surface area contributed by atoms with E-state index in [0.29, 0.717) is 12.8 Å². The topological polar surface area (TPSA) is 67.2 Å². The number of amides is 1. The number of aryl methyl sites for hydroxylation is 1. The minimum absolute atomic E-state index is 0.168. The van der Waals surface area contributed by atoms with Crippen molar-refractivity contribution in [1.82, 2.24) is 14.9 Å². The monoisotopic (exact) mass is 335 g/mol. The average molecular weight is 335 g/mol. The SMILES string of the molecule is CC(NC(=O)C1CCn2ccnc2C1)C(O)c1ccc(F)c(F)c1. The first-order chi connectivity index (χ1) is 11.5. The van der Waals surface area contributed by atoms with E-state index in [0.717, 1.165) is 24.5 Å². The molecule has 2 heterocycles. The minimum Gasteiger partial charge on any atom is -0.386 e. The first-order valence-electron chi connectivity index (χ1n) is 7.89. The number of aliphatic hydroxyl groups excluding tert-OH is 1. The smallest absolute Gasteiger partial charge is 0.223 e. The van der Waals surface area contributed by atoms with Crippen LogP contribution in [0.4, 0.5) is 8.78 Å². The third kappa shape index (κ3) is 3.31. The number of imidazole rings is 1. The van der Waals surface area contributed by atoms with Gasteiger partial charge in [0, 0.05) is 31.3 Å². The molecule has 1 aliphatic heterocycles. The van der Waals surface area contributed by atoms with Crippen LogP contribution in [0.3, 0.4) is 0 Å². The largest absolute Gasteiger partial charge is 0.386 e. The van der Waals surface area contributed by atoms with Crippen LogP contribution in [0.5, 0.6) is 0 Å². The van der Waals surface area contributed by atoms with Gasteiger partial charge in [-0.05, 0) is 31.0 Å². The zero-order valence-electron chi connectivity index (χ0n) is 13.2. The number of nitrogens with one attached hydrogen (secondary N) is 1. The Labute approximate surface area is 138 Å². The minimum atomic E-state index is -1.12. The fourth-order valence-corrected chi connectivity index (χ4v) is 2.98. The summed E-state index contributed by atoms with van der Waals surface area (Å²) in [5, 5.41) is 13.0. The summed E-state index contributed by atoms with van der Waals surface area (Å²) in [6.45, 7) is 2.36. The first-order valence-corrected chi connectivity index (χ1v) is 7.89. The van der Waals surface area contributed by atoms with Gasteiger partial charge in [0.1, 0.15) is 5.82 Å². The van der Waals surface area contributed by atoms with E-state index >= 15 is 0 Å². The molecule has 0 saturated heterocycles. The van der Waals surface area contributed by atoms with Crippen LogP contribution in [0.2, 0.25) is 0 Å². The molecule has 2 N–H and O–H groups in total. The van der Waals surface area contributed by atoms with Crippen LogP contribution in [-0.2, 0) is 17.8 Å². The lowest BCUT2D eigenvalue weighted by molar-refractivity contribution is -0.127. The number of aliphatic hydroxyl groups is 1. The number of rotatable bonds is 4. The highest BCUT2D eigenvalue weighted by molar-refractivity contribution is 5.79. The molecule has 1 aliphatic rings. The molecule has 1 aromatic carbocycles. The summed E-state index contributed by atoms with van der Waals surface area (Å²) in [6, 6.07) is 2.59. The van der Waals surface area contributed by atoms with Crippen LogP contribution in [0.15, 0.2) is 30.6 Å². The fourth-order valence-electron chi connectivity index (χ4n) is 2.98. The van der Waals surface area contributed by atoms with E-state index in [1.807, 2.05) is 10.8 Å². The molecule has 24 heavy (non-hydrogen) atoms. The van der Waals surface area contributed by atoms with E-state index in [4.69, 9.17) is 0 Å². The lowest BCUT2D eigenvalue weighted by Gasteiger charge is -2.26. The van der Waals surface area contributed by atoms with Crippen LogP contribution >= 0.6 is 0 Å². The zero-order chi connectivity index (χ0) is 17.3. The maximum atomic E-state index is 13.3. The van der Waals surface area contributed by atoms with Gasteiger partial charge in [-0.2, -0.15) is 0 Å². The molecule has 3 rings (SSSR count). The number of halogens is 2. The molecule has 3 unspecified atom stereocenters. The van der Waals surface area contributed by atoms with Crippen LogP contribution in [-0.4, -0.2) is 26.6 Å². The van der Waals surface area contributed by atoms with Crippen molar-refractivity contribution >= 4 is 5.91 Å². The Hall–Kier alpha value is -2.28. The maximum Gasteiger partial charge on any atom is 0.223 e. The summed E-state index contributed by atoms with van der Waals surface area (Å²) in [4.78, 5) is 16.6. The molecule has 3 atom stereocenters. The Morgan fingerprint density at radius 2 is 2.21 bits per heavy atom. The predicted octanol–water partition coefficient (Wildman–Crippen LogP) is 1.96. The lowest BCUT2D eigenvalue weighted by Crippen LogP contribution is -2.42. The molecule has 0 aliphatic carbocycles. The van der Waals surface area contributed by atoms with Crippen molar-refractivity contribution in [3.63, 3.8) is 0 Å². The molecule has 0 fully saturated rings. The van der Waals surface area contributed by atoms with E-state index < -0.39 is 23.8 Å². The number of nitrogens with zero attached hydrogens (tertiary/aromatic N) is 2. The first kappa shape index (κ1) is 16.6. The summed E-state index contributed by atoms with van der Waals surface area (Å²) in [5.74, 6) is -1.50. The van der Waals surface area contributed by atoms with Gasteiger partial charge in [0.15, 0.2) is 11.6 Å². The van der Waals surface area contributed by atoms with Crippen LogP contribution < -0.4 is 5.32 Å². The van der Waals surface area contributed by atoms with Crippen molar-refractivity contribution in [3.05, 3.63) is 53.6 Å². The van der Waals surface area contributed by atoms with E-state index in [2.05, 4.69) is 10.3 Å². The van der Waals surface area contributed by atoms with Gasteiger partial charge in [0.25, 0.3) is 0 Å². The predicted molar refractivity (Wildman–Crippen MR) is 83.0 cm³/mol. The van der Waals surface area contributed by atoms with Crippen molar-refractivity contribution in [2.75, 3.05) is 0 Å². The van der Waals surface area contributed by atoms with Gasteiger partial charge in [-0.1, -0.05) is 6.07 Å². The van der Waals surface area contributed by atoms with Crippen molar-refractivity contribution in [2.45, 2.75) is 38.5 Å².